The Labute approximate surface area is 159 Å². The fourth-order valence-electron chi connectivity index (χ4n) is 3.52. The molecule has 1 aromatic carbocycles. The first-order valence-corrected chi connectivity index (χ1v) is 9.48. The molecule has 1 aliphatic rings. The normalized spacial score (nSPS) is 19.1. The van der Waals surface area contributed by atoms with Gasteiger partial charge in [0.05, 0.1) is 6.20 Å². The average Bonchev–Trinajstić information content (AvgIpc) is 3.20. The molecule has 0 spiro atoms. The summed E-state index contributed by atoms with van der Waals surface area (Å²) in [7, 11) is 0. The second kappa shape index (κ2) is 9.32. The Morgan fingerprint density at radius 1 is 1.26 bits per heavy atom. The Bertz CT molecular complexity index is 726. The predicted octanol–water partition coefficient (Wildman–Crippen LogP) is 2.23. The van der Waals surface area contributed by atoms with Gasteiger partial charge >= 0.3 is 0 Å². The summed E-state index contributed by atoms with van der Waals surface area (Å²) in [5.74, 6) is 0.854. The second-order valence-corrected chi connectivity index (χ2v) is 7.16. The summed E-state index contributed by atoms with van der Waals surface area (Å²) in [4.78, 5) is 25.4. The highest BCUT2D eigenvalue weighted by Crippen LogP contribution is 2.23. The molecule has 0 radical (unpaired) electrons. The van der Waals surface area contributed by atoms with Crippen molar-refractivity contribution >= 4 is 17.6 Å². The quantitative estimate of drug-likeness (QED) is 0.601. The summed E-state index contributed by atoms with van der Waals surface area (Å²) in [5.41, 5.74) is 0.745. The number of anilines is 1. The van der Waals surface area contributed by atoms with E-state index in [-0.39, 0.29) is 17.7 Å². The minimum Gasteiger partial charge on any atom is -0.341 e. The van der Waals surface area contributed by atoms with Gasteiger partial charge in [0.25, 0.3) is 5.91 Å². The number of carbonyl (C=O) groups excluding carboxylic acids is 2. The van der Waals surface area contributed by atoms with Crippen molar-refractivity contribution < 1.29 is 9.59 Å². The van der Waals surface area contributed by atoms with Gasteiger partial charge in [0.1, 0.15) is 11.9 Å². The molecule has 2 heterocycles. The number of nitrogens with one attached hydrogen (secondary N) is 4. The zero-order valence-corrected chi connectivity index (χ0v) is 15.6. The molecule has 1 fully saturated rings. The van der Waals surface area contributed by atoms with Crippen LogP contribution in [0.25, 0.3) is 0 Å². The number of nitrogens with zero attached hydrogens (tertiary/aromatic N) is 1. The van der Waals surface area contributed by atoms with Crippen molar-refractivity contribution in [3.8, 4) is 0 Å². The molecule has 0 aliphatic carbocycles. The van der Waals surface area contributed by atoms with E-state index in [1.807, 2.05) is 30.3 Å². The first kappa shape index (κ1) is 19.1. The minimum absolute atomic E-state index is 0.110. The summed E-state index contributed by atoms with van der Waals surface area (Å²) in [5, 5.41) is 15.6. The lowest BCUT2D eigenvalue weighted by atomic mass is 9.85. The Morgan fingerprint density at radius 2 is 2.07 bits per heavy atom. The van der Waals surface area contributed by atoms with Gasteiger partial charge < -0.3 is 16.0 Å². The monoisotopic (exact) mass is 369 g/mol. The minimum atomic E-state index is -0.751. The number of amides is 2. The number of aromatic amines is 1. The molecule has 3 rings (SSSR count). The topological polar surface area (TPSA) is 98.9 Å². The summed E-state index contributed by atoms with van der Waals surface area (Å²) in [6.07, 6.45) is 4.26. The average molecular weight is 369 g/mol. The van der Waals surface area contributed by atoms with Crippen LogP contribution in [0.2, 0.25) is 0 Å². The van der Waals surface area contributed by atoms with Crippen molar-refractivity contribution in [2.75, 3.05) is 18.4 Å². The van der Waals surface area contributed by atoms with Gasteiger partial charge in [-0.25, -0.2) is 0 Å². The lowest BCUT2D eigenvalue weighted by Crippen LogP contribution is -2.39. The van der Waals surface area contributed by atoms with Gasteiger partial charge in [-0.05, 0) is 43.3 Å². The van der Waals surface area contributed by atoms with Crippen molar-refractivity contribution in [1.82, 2.24) is 20.8 Å². The van der Waals surface area contributed by atoms with E-state index in [0.29, 0.717) is 18.2 Å². The fraction of sp³-hybridized carbons (Fsp3) is 0.450. The van der Waals surface area contributed by atoms with E-state index in [1.165, 1.54) is 0 Å². The van der Waals surface area contributed by atoms with Crippen LogP contribution < -0.4 is 16.0 Å². The van der Waals surface area contributed by atoms with Crippen LogP contribution in [0.15, 0.2) is 42.6 Å². The molecule has 3 atom stereocenters. The maximum absolute atomic E-state index is 12.8. The first-order chi connectivity index (χ1) is 13.1. The van der Waals surface area contributed by atoms with Crippen LogP contribution in [0.5, 0.6) is 0 Å². The predicted molar refractivity (Wildman–Crippen MR) is 104 cm³/mol. The third-order valence-electron chi connectivity index (χ3n) is 5.11. The van der Waals surface area contributed by atoms with Crippen molar-refractivity contribution in [1.29, 1.82) is 0 Å². The number of piperidine rings is 1. The van der Waals surface area contributed by atoms with E-state index in [9.17, 15) is 9.59 Å². The van der Waals surface area contributed by atoms with Gasteiger partial charge in [0, 0.05) is 12.5 Å². The molecule has 3 unspecified atom stereocenters. The fourth-order valence-corrected chi connectivity index (χ4v) is 3.52. The Morgan fingerprint density at radius 3 is 2.74 bits per heavy atom. The molecule has 0 saturated carbocycles. The Kier molecular flexibility index (Phi) is 6.59. The molecule has 1 aromatic heterocycles. The molecule has 144 valence electrons. The van der Waals surface area contributed by atoms with Crippen molar-refractivity contribution in [2.24, 2.45) is 11.8 Å². The summed E-state index contributed by atoms with van der Waals surface area (Å²) >= 11 is 0. The number of carbonyl (C=O) groups is 2. The van der Waals surface area contributed by atoms with E-state index < -0.39 is 6.04 Å². The van der Waals surface area contributed by atoms with Crippen LogP contribution >= 0.6 is 0 Å². The highest BCUT2D eigenvalue weighted by atomic mass is 16.2. The standard InChI is InChI=1S/C20H27N5O2/c1-14(16-8-5-10-21-13-16)12-18(26)24-19(15-6-3-2-4-7-15)20(27)23-17-9-11-22-25-17/h2-4,6-7,9,11,14,16,19,21H,5,8,10,12-13H2,1H3,(H,24,26)(H2,22,23,25,27). The van der Waals surface area contributed by atoms with Crippen molar-refractivity contribution in [2.45, 2.75) is 32.2 Å². The van der Waals surface area contributed by atoms with Crippen LogP contribution in [-0.2, 0) is 9.59 Å². The van der Waals surface area contributed by atoms with Crippen molar-refractivity contribution in [3.63, 3.8) is 0 Å². The molecule has 7 heteroatoms. The lowest BCUT2D eigenvalue weighted by Gasteiger charge is -2.28. The van der Waals surface area contributed by atoms with E-state index >= 15 is 0 Å². The van der Waals surface area contributed by atoms with Gasteiger partial charge in [-0.15, -0.1) is 0 Å². The maximum Gasteiger partial charge on any atom is 0.252 e. The highest BCUT2D eigenvalue weighted by molar-refractivity contribution is 5.97. The number of hydrogen-bond acceptors (Lipinski definition) is 4. The van der Waals surface area contributed by atoms with Crippen LogP contribution in [0.4, 0.5) is 5.82 Å². The van der Waals surface area contributed by atoms with Crippen LogP contribution in [0.1, 0.15) is 37.8 Å². The molecule has 4 N–H and O–H groups in total. The molecular weight excluding hydrogens is 342 g/mol. The first-order valence-electron chi connectivity index (χ1n) is 9.48. The van der Waals surface area contributed by atoms with Crippen LogP contribution in [0.3, 0.4) is 0 Å². The second-order valence-electron chi connectivity index (χ2n) is 7.16. The molecule has 0 bridgehead atoms. The molecule has 2 aromatic rings. The van der Waals surface area contributed by atoms with E-state index in [2.05, 4.69) is 33.1 Å². The van der Waals surface area contributed by atoms with E-state index in [4.69, 9.17) is 0 Å². The van der Waals surface area contributed by atoms with E-state index in [0.717, 1.165) is 31.5 Å². The molecule has 1 saturated heterocycles. The SMILES string of the molecule is CC(CC(=O)NC(C(=O)Nc1ccn[nH]1)c1ccccc1)C1CCCNC1. The van der Waals surface area contributed by atoms with Crippen LogP contribution in [-0.4, -0.2) is 35.1 Å². The number of benzene rings is 1. The molecular formula is C20H27N5O2. The number of hydrogen-bond donors (Lipinski definition) is 4. The summed E-state index contributed by atoms with van der Waals surface area (Å²) in [6.45, 7) is 4.12. The number of rotatable bonds is 7. The van der Waals surface area contributed by atoms with Gasteiger partial charge in [-0.3, -0.25) is 14.7 Å². The largest absolute Gasteiger partial charge is 0.341 e. The Balaban J connectivity index is 1.65. The van der Waals surface area contributed by atoms with Crippen LogP contribution in [0, 0.1) is 11.8 Å². The van der Waals surface area contributed by atoms with Gasteiger partial charge in [-0.1, -0.05) is 37.3 Å². The van der Waals surface area contributed by atoms with E-state index in [1.54, 1.807) is 12.3 Å². The smallest absolute Gasteiger partial charge is 0.252 e. The molecule has 27 heavy (non-hydrogen) atoms. The summed E-state index contributed by atoms with van der Waals surface area (Å²) in [6, 6.07) is 10.2. The zero-order chi connectivity index (χ0) is 19.1. The van der Waals surface area contributed by atoms with Gasteiger partial charge in [-0.2, -0.15) is 5.10 Å². The maximum atomic E-state index is 12.8. The molecule has 7 nitrogen and oxygen atoms in total. The van der Waals surface area contributed by atoms with Crippen molar-refractivity contribution in [3.05, 3.63) is 48.2 Å². The highest BCUT2D eigenvalue weighted by Gasteiger charge is 2.26. The zero-order valence-electron chi connectivity index (χ0n) is 15.6. The lowest BCUT2D eigenvalue weighted by molar-refractivity contribution is -0.127. The van der Waals surface area contributed by atoms with Gasteiger partial charge in [0.15, 0.2) is 0 Å². The third-order valence-corrected chi connectivity index (χ3v) is 5.11. The molecule has 2 amide bonds. The third kappa shape index (κ3) is 5.40. The summed E-state index contributed by atoms with van der Waals surface area (Å²) < 4.78 is 0. The number of H-pyrrole nitrogens is 1. The number of aromatic nitrogens is 2. The van der Waals surface area contributed by atoms with Gasteiger partial charge in [0.2, 0.25) is 5.91 Å². The molecule has 1 aliphatic heterocycles. The Hall–Kier alpha value is -2.67.